The van der Waals surface area contributed by atoms with Gasteiger partial charge in [0.25, 0.3) is 5.56 Å². The Balaban J connectivity index is 2.05. The van der Waals surface area contributed by atoms with Crippen LogP contribution in [0.1, 0.15) is 20.3 Å². The van der Waals surface area contributed by atoms with Gasteiger partial charge in [-0.3, -0.25) is 9.36 Å². The van der Waals surface area contributed by atoms with Crippen LogP contribution >= 0.6 is 15.9 Å². The Morgan fingerprint density at radius 3 is 2.50 bits per heavy atom. The molecule has 26 heavy (non-hydrogen) atoms. The minimum atomic E-state index is 0.0229. The van der Waals surface area contributed by atoms with Gasteiger partial charge in [0.05, 0.1) is 10.9 Å². The van der Waals surface area contributed by atoms with E-state index in [0.29, 0.717) is 11.9 Å². The molecular formula is C21H24BrN3O. The van der Waals surface area contributed by atoms with Crippen molar-refractivity contribution in [3.8, 4) is 11.4 Å². The Kier molecular flexibility index (Phi) is 6.22. The van der Waals surface area contributed by atoms with Crippen molar-refractivity contribution >= 4 is 26.8 Å². The fraction of sp³-hybridized carbons (Fsp3) is 0.333. The third kappa shape index (κ3) is 4.05. The number of halogens is 1. The second-order valence-electron chi connectivity index (χ2n) is 6.30. The highest BCUT2D eigenvalue weighted by molar-refractivity contribution is 9.10. The molecule has 0 atom stereocenters. The average molecular weight is 414 g/mol. The quantitative estimate of drug-likeness (QED) is 0.569. The molecule has 5 heteroatoms. The van der Waals surface area contributed by atoms with Crippen LogP contribution < -0.4 is 5.56 Å². The number of nitrogens with zero attached hydrogens (tertiary/aromatic N) is 3. The lowest BCUT2D eigenvalue weighted by atomic mass is 10.1. The maximum absolute atomic E-state index is 13.2. The molecule has 2 aromatic carbocycles. The summed E-state index contributed by atoms with van der Waals surface area (Å²) >= 11 is 3.46. The minimum absolute atomic E-state index is 0.0229. The van der Waals surface area contributed by atoms with E-state index in [2.05, 4.69) is 34.7 Å². The Labute approximate surface area is 162 Å². The van der Waals surface area contributed by atoms with Gasteiger partial charge in [-0.15, -0.1) is 0 Å². The zero-order chi connectivity index (χ0) is 18.5. The minimum Gasteiger partial charge on any atom is -0.304 e. The first-order chi connectivity index (χ1) is 12.6. The first-order valence-electron chi connectivity index (χ1n) is 9.12. The monoisotopic (exact) mass is 413 g/mol. The second kappa shape index (κ2) is 8.60. The van der Waals surface area contributed by atoms with E-state index in [9.17, 15) is 4.79 Å². The van der Waals surface area contributed by atoms with Crippen molar-refractivity contribution in [3.63, 3.8) is 0 Å². The summed E-state index contributed by atoms with van der Waals surface area (Å²) in [6.45, 7) is 8.03. The molecule has 0 bridgehead atoms. The van der Waals surface area contributed by atoms with Gasteiger partial charge in [-0.2, -0.15) is 0 Å². The van der Waals surface area contributed by atoms with E-state index >= 15 is 0 Å². The van der Waals surface area contributed by atoms with Crippen LogP contribution in [0.3, 0.4) is 0 Å². The van der Waals surface area contributed by atoms with Gasteiger partial charge in [-0.05, 0) is 44.3 Å². The normalized spacial score (nSPS) is 11.4. The molecule has 3 aromatic rings. The predicted molar refractivity (Wildman–Crippen MR) is 112 cm³/mol. The molecule has 0 saturated carbocycles. The number of benzene rings is 2. The van der Waals surface area contributed by atoms with Gasteiger partial charge < -0.3 is 4.90 Å². The highest BCUT2D eigenvalue weighted by Crippen LogP contribution is 2.21. The lowest BCUT2D eigenvalue weighted by molar-refractivity contribution is 0.293. The largest absolute Gasteiger partial charge is 0.304 e. The molecule has 0 aliphatic rings. The molecular weight excluding hydrogens is 390 g/mol. The van der Waals surface area contributed by atoms with Gasteiger partial charge >= 0.3 is 0 Å². The average Bonchev–Trinajstić information content (AvgIpc) is 2.67. The summed E-state index contributed by atoms with van der Waals surface area (Å²) in [4.78, 5) is 20.4. The van der Waals surface area contributed by atoms with Crippen molar-refractivity contribution in [3.05, 3.63) is 63.4 Å². The molecule has 136 valence electrons. The Bertz CT molecular complexity index is 933. The number of hydrogen-bond acceptors (Lipinski definition) is 3. The molecule has 0 aliphatic carbocycles. The van der Waals surface area contributed by atoms with Gasteiger partial charge in [-0.25, -0.2) is 4.98 Å². The van der Waals surface area contributed by atoms with Crippen LogP contribution in [0.5, 0.6) is 0 Å². The molecule has 0 spiro atoms. The van der Waals surface area contributed by atoms with Gasteiger partial charge in [0.15, 0.2) is 0 Å². The molecule has 1 heterocycles. The number of rotatable bonds is 7. The van der Waals surface area contributed by atoms with Gasteiger partial charge in [0.2, 0.25) is 0 Å². The highest BCUT2D eigenvalue weighted by Gasteiger charge is 2.13. The summed E-state index contributed by atoms with van der Waals surface area (Å²) in [5.74, 6) is 0.741. The van der Waals surface area contributed by atoms with Crippen molar-refractivity contribution in [2.45, 2.75) is 26.8 Å². The Morgan fingerprint density at radius 2 is 1.81 bits per heavy atom. The van der Waals surface area contributed by atoms with Crippen LogP contribution in [-0.2, 0) is 6.54 Å². The topological polar surface area (TPSA) is 38.1 Å². The number of aromatic nitrogens is 2. The van der Waals surface area contributed by atoms with E-state index in [1.807, 2.05) is 53.1 Å². The summed E-state index contributed by atoms with van der Waals surface area (Å²) in [6, 6.07) is 15.6. The third-order valence-corrected chi connectivity index (χ3v) is 5.19. The van der Waals surface area contributed by atoms with Gasteiger partial charge in [-0.1, -0.05) is 60.1 Å². The first-order valence-corrected chi connectivity index (χ1v) is 9.91. The molecule has 0 saturated heterocycles. The third-order valence-electron chi connectivity index (χ3n) is 4.70. The van der Waals surface area contributed by atoms with Crippen LogP contribution in [0, 0.1) is 0 Å². The van der Waals surface area contributed by atoms with Crippen molar-refractivity contribution in [1.82, 2.24) is 14.5 Å². The fourth-order valence-corrected chi connectivity index (χ4v) is 3.56. The molecule has 0 radical (unpaired) electrons. The summed E-state index contributed by atoms with van der Waals surface area (Å²) in [5, 5.41) is 0.655. The molecule has 0 fully saturated rings. The summed E-state index contributed by atoms with van der Waals surface area (Å²) < 4.78 is 2.72. The van der Waals surface area contributed by atoms with Gasteiger partial charge in [0, 0.05) is 16.6 Å². The molecule has 0 aliphatic heterocycles. The second-order valence-corrected chi connectivity index (χ2v) is 7.22. The van der Waals surface area contributed by atoms with E-state index in [0.717, 1.165) is 47.4 Å². The molecule has 1 aromatic heterocycles. The number of hydrogen-bond donors (Lipinski definition) is 0. The Morgan fingerprint density at radius 1 is 1.08 bits per heavy atom. The highest BCUT2D eigenvalue weighted by atomic mass is 79.9. The maximum Gasteiger partial charge on any atom is 0.261 e. The standard InChI is InChI=1S/C21H24BrN3O/c1-3-24(4-2)13-8-14-25-20(16-9-6-5-7-10-16)23-19-12-11-17(22)15-18(19)21(25)26/h5-7,9-12,15H,3-4,8,13-14H2,1-2H3. The lowest BCUT2D eigenvalue weighted by Gasteiger charge is -2.19. The summed E-state index contributed by atoms with van der Waals surface area (Å²) in [6.07, 6.45) is 0.919. The fourth-order valence-electron chi connectivity index (χ4n) is 3.20. The van der Waals surface area contributed by atoms with Crippen LogP contribution in [0.25, 0.3) is 22.3 Å². The smallest absolute Gasteiger partial charge is 0.261 e. The van der Waals surface area contributed by atoms with Crippen molar-refractivity contribution in [2.24, 2.45) is 0 Å². The Hall–Kier alpha value is -1.98. The van der Waals surface area contributed by atoms with Crippen molar-refractivity contribution < 1.29 is 0 Å². The molecule has 0 N–H and O–H groups in total. The van der Waals surface area contributed by atoms with Crippen LogP contribution in [0.2, 0.25) is 0 Å². The summed E-state index contributed by atoms with van der Waals surface area (Å²) in [7, 11) is 0. The molecule has 0 amide bonds. The molecule has 0 unspecified atom stereocenters. The SMILES string of the molecule is CCN(CC)CCCn1c(-c2ccccc2)nc2ccc(Br)cc2c1=O. The van der Waals surface area contributed by atoms with Gasteiger partial charge in [0.1, 0.15) is 5.82 Å². The molecule has 3 rings (SSSR count). The van der Waals surface area contributed by atoms with E-state index in [1.165, 1.54) is 0 Å². The van der Waals surface area contributed by atoms with E-state index < -0.39 is 0 Å². The zero-order valence-electron chi connectivity index (χ0n) is 15.3. The van der Waals surface area contributed by atoms with E-state index in [-0.39, 0.29) is 5.56 Å². The first kappa shape index (κ1) is 18.8. The predicted octanol–water partition coefficient (Wildman–Crippen LogP) is 4.56. The lowest BCUT2D eigenvalue weighted by Crippen LogP contribution is -2.28. The summed E-state index contributed by atoms with van der Waals surface area (Å²) in [5.41, 5.74) is 1.73. The maximum atomic E-state index is 13.2. The van der Waals surface area contributed by atoms with Crippen molar-refractivity contribution in [1.29, 1.82) is 0 Å². The zero-order valence-corrected chi connectivity index (χ0v) is 16.9. The molecule has 4 nitrogen and oxygen atoms in total. The van der Waals surface area contributed by atoms with E-state index in [4.69, 9.17) is 4.98 Å². The van der Waals surface area contributed by atoms with E-state index in [1.54, 1.807) is 0 Å². The van der Waals surface area contributed by atoms with Crippen LogP contribution in [0.15, 0.2) is 57.8 Å². The van der Waals surface area contributed by atoms with Crippen LogP contribution in [0.4, 0.5) is 0 Å². The van der Waals surface area contributed by atoms with Crippen LogP contribution in [-0.4, -0.2) is 34.1 Å². The number of fused-ring (bicyclic) bond motifs is 1. The van der Waals surface area contributed by atoms with Crippen molar-refractivity contribution in [2.75, 3.05) is 19.6 Å².